The van der Waals surface area contributed by atoms with Crippen LogP contribution in [-0.2, 0) is 0 Å². The molecule has 0 bridgehead atoms. The highest BCUT2D eigenvalue weighted by molar-refractivity contribution is 5.93. The van der Waals surface area contributed by atoms with Crippen LogP contribution in [0.2, 0.25) is 0 Å². The lowest BCUT2D eigenvalue weighted by Gasteiger charge is -2.21. The lowest BCUT2D eigenvalue weighted by atomic mass is 10.1. The number of nitrogens with zero attached hydrogens (tertiary/aromatic N) is 2. The van der Waals surface area contributed by atoms with E-state index in [0.717, 1.165) is 30.1 Å². The number of benzene rings is 1. The summed E-state index contributed by atoms with van der Waals surface area (Å²) in [5.74, 6) is -1.58. The largest absolute Gasteiger partial charge is 0.477 e. The van der Waals surface area contributed by atoms with Crippen molar-refractivity contribution in [2.24, 2.45) is 0 Å². The van der Waals surface area contributed by atoms with Gasteiger partial charge < -0.3 is 10.0 Å². The molecule has 0 heterocycles. The molecule has 1 N–H and O–H groups in total. The minimum absolute atomic E-state index is 0.0691. The molecule has 0 aromatic heterocycles. The number of hydrogen-bond donors (Lipinski definition) is 1. The molecule has 9 heteroatoms. The number of carbonyl (C=O) groups is 1. The average molecular weight is 278 g/mol. The van der Waals surface area contributed by atoms with E-state index in [1.807, 2.05) is 0 Å². The van der Waals surface area contributed by atoms with Crippen LogP contribution in [0.3, 0.4) is 0 Å². The third kappa shape index (κ3) is 3.83. The molecular formula is C10H9F3N2O4. The summed E-state index contributed by atoms with van der Waals surface area (Å²) in [5, 5.41) is 19.4. The average Bonchev–Trinajstić information content (AvgIpc) is 2.25. The van der Waals surface area contributed by atoms with Gasteiger partial charge in [0.1, 0.15) is 12.1 Å². The summed E-state index contributed by atoms with van der Waals surface area (Å²) in [4.78, 5) is 21.3. The van der Waals surface area contributed by atoms with Gasteiger partial charge in [0.2, 0.25) is 0 Å². The van der Waals surface area contributed by atoms with Crippen molar-refractivity contribution in [3.8, 4) is 0 Å². The van der Waals surface area contributed by atoms with Gasteiger partial charge in [-0.3, -0.25) is 10.1 Å². The van der Waals surface area contributed by atoms with E-state index in [1.165, 1.54) is 0 Å². The highest BCUT2D eigenvalue weighted by Crippen LogP contribution is 2.26. The van der Waals surface area contributed by atoms with Crippen LogP contribution in [0.4, 0.5) is 24.5 Å². The number of hydrogen-bond acceptors (Lipinski definition) is 4. The van der Waals surface area contributed by atoms with Gasteiger partial charge in [0.25, 0.3) is 5.69 Å². The first-order valence-corrected chi connectivity index (χ1v) is 4.91. The number of alkyl halides is 3. The number of halogens is 3. The summed E-state index contributed by atoms with van der Waals surface area (Å²) >= 11 is 0. The van der Waals surface area contributed by atoms with E-state index >= 15 is 0 Å². The van der Waals surface area contributed by atoms with Gasteiger partial charge in [0.05, 0.1) is 4.92 Å². The van der Waals surface area contributed by atoms with Gasteiger partial charge in [-0.05, 0) is 12.1 Å². The summed E-state index contributed by atoms with van der Waals surface area (Å²) < 4.78 is 36.6. The lowest BCUT2D eigenvalue weighted by Crippen LogP contribution is -2.30. The highest BCUT2D eigenvalue weighted by Gasteiger charge is 2.30. The number of nitro benzene ring substituents is 1. The molecule has 1 aromatic carbocycles. The fraction of sp³-hybridized carbons (Fsp3) is 0.300. The predicted molar refractivity (Wildman–Crippen MR) is 59.4 cm³/mol. The molecule has 0 amide bonds. The van der Waals surface area contributed by atoms with Crippen molar-refractivity contribution >= 4 is 17.3 Å². The van der Waals surface area contributed by atoms with Crippen molar-refractivity contribution < 1.29 is 28.0 Å². The van der Waals surface area contributed by atoms with Crippen LogP contribution in [-0.4, -0.2) is 35.8 Å². The summed E-state index contributed by atoms with van der Waals surface area (Å²) in [7, 11) is 1.11. The molecule has 19 heavy (non-hydrogen) atoms. The van der Waals surface area contributed by atoms with Gasteiger partial charge in [-0.15, -0.1) is 0 Å². The second-order valence-corrected chi connectivity index (χ2v) is 3.73. The zero-order valence-corrected chi connectivity index (χ0v) is 9.64. The lowest BCUT2D eigenvalue weighted by molar-refractivity contribution is -0.385. The minimum Gasteiger partial charge on any atom is -0.477 e. The topological polar surface area (TPSA) is 83.7 Å². The van der Waals surface area contributed by atoms with E-state index in [0.29, 0.717) is 0 Å². The quantitative estimate of drug-likeness (QED) is 0.674. The van der Waals surface area contributed by atoms with Crippen LogP contribution < -0.4 is 4.90 Å². The number of nitro groups is 1. The number of aromatic carboxylic acids is 1. The maximum Gasteiger partial charge on any atom is 0.405 e. The molecule has 0 aliphatic heterocycles. The van der Waals surface area contributed by atoms with Crippen molar-refractivity contribution in [2.75, 3.05) is 18.5 Å². The monoisotopic (exact) mass is 278 g/mol. The van der Waals surface area contributed by atoms with Crippen LogP contribution in [0.5, 0.6) is 0 Å². The zero-order chi connectivity index (χ0) is 14.8. The zero-order valence-electron chi connectivity index (χ0n) is 9.64. The maximum atomic E-state index is 12.2. The molecule has 0 saturated carbocycles. The Kier molecular flexibility index (Phi) is 3.98. The van der Waals surface area contributed by atoms with E-state index in [-0.39, 0.29) is 5.69 Å². The molecule has 6 nitrogen and oxygen atoms in total. The number of carboxylic acid groups (broad SMARTS) is 1. The van der Waals surface area contributed by atoms with Crippen LogP contribution in [0.15, 0.2) is 18.2 Å². The maximum absolute atomic E-state index is 12.2. The Labute approximate surface area is 105 Å². The number of carboxylic acids is 1. The Bertz CT molecular complexity index is 516. The molecule has 0 radical (unpaired) electrons. The smallest absolute Gasteiger partial charge is 0.405 e. The van der Waals surface area contributed by atoms with Gasteiger partial charge in [-0.25, -0.2) is 4.79 Å². The molecule has 0 atom stereocenters. The van der Waals surface area contributed by atoms with Crippen molar-refractivity contribution in [1.29, 1.82) is 0 Å². The van der Waals surface area contributed by atoms with Crippen LogP contribution in [0.1, 0.15) is 10.4 Å². The third-order valence-corrected chi connectivity index (χ3v) is 2.26. The molecule has 0 aliphatic rings. The number of rotatable bonds is 4. The second kappa shape index (κ2) is 5.12. The molecule has 0 aliphatic carbocycles. The van der Waals surface area contributed by atoms with Crippen molar-refractivity contribution in [3.05, 3.63) is 33.9 Å². The molecule has 0 spiro atoms. The van der Waals surface area contributed by atoms with Gasteiger partial charge in [-0.2, -0.15) is 13.2 Å². The molecule has 0 fully saturated rings. The molecule has 1 aromatic rings. The molecule has 0 saturated heterocycles. The van der Waals surface area contributed by atoms with Crippen LogP contribution in [0, 0.1) is 10.1 Å². The van der Waals surface area contributed by atoms with Crippen molar-refractivity contribution in [2.45, 2.75) is 6.18 Å². The van der Waals surface area contributed by atoms with E-state index in [1.54, 1.807) is 0 Å². The summed E-state index contributed by atoms with van der Waals surface area (Å²) in [6.07, 6.45) is -4.46. The molecule has 104 valence electrons. The fourth-order valence-electron chi connectivity index (χ4n) is 1.45. The van der Waals surface area contributed by atoms with Crippen LogP contribution in [0.25, 0.3) is 0 Å². The van der Waals surface area contributed by atoms with Gasteiger partial charge in [-0.1, -0.05) is 0 Å². The summed E-state index contributed by atoms with van der Waals surface area (Å²) in [6, 6.07) is 2.77. The normalized spacial score (nSPS) is 11.2. The second-order valence-electron chi connectivity index (χ2n) is 3.73. The fourth-order valence-corrected chi connectivity index (χ4v) is 1.45. The Morgan fingerprint density at radius 2 is 2.05 bits per heavy atom. The standard InChI is InChI=1S/C10H9F3N2O4/c1-14(5-10(11,12)13)6-2-3-8(15(18)19)7(4-6)9(16)17/h2-4H,5H2,1H3,(H,16,17). The number of anilines is 1. The minimum atomic E-state index is -4.46. The Morgan fingerprint density at radius 1 is 1.47 bits per heavy atom. The molecular weight excluding hydrogens is 269 g/mol. The van der Waals surface area contributed by atoms with Crippen molar-refractivity contribution in [3.63, 3.8) is 0 Å². The Balaban J connectivity index is 3.15. The molecule has 1 rings (SSSR count). The van der Waals surface area contributed by atoms with Gasteiger partial charge in [0, 0.05) is 18.8 Å². The van der Waals surface area contributed by atoms with Crippen molar-refractivity contribution in [1.82, 2.24) is 0 Å². The Hall–Kier alpha value is -2.32. The van der Waals surface area contributed by atoms with E-state index in [9.17, 15) is 28.1 Å². The Morgan fingerprint density at radius 3 is 2.47 bits per heavy atom. The highest BCUT2D eigenvalue weighted by atomic mass is 19.4. The van der Waals surface area contributed by atoms with E-state index in [2.05, 4.69) is 0 Å². The van der Waals surface area contributed by atoms with Gasteiger partial charge in [0.15, 0.2) is 0 Å². The van der Waals surface area contributed by atoms with Gasteiger partial charge >= 0.3 is 12.1 Å². The van der Waals surface area contributed by atoms with E-state index < -0.39 is 34.9 Å². The first-order chi connectivity index (χ1) is 8.61. The summed E-state index contributed by atoms with van der Waals surface area (Å²) in [5.41, 5.74) is -1.39. The van der Waals surface area contributed by atoms with Crippen LogP contribution >= 0.6 is 0 Å². The predicted octanol–water partition coefficient (Wildman–Crippen LogP) is 2.29. The molecule has 0 unspecified atom stereocenters. The first-order valence-electron chi connectivity index (χ1n) is 4.91. The SMILES string of the molecule is CN(CC(F)(F)F)c1ccc([N+](=O)[O-])c(C(=O)O)c1. The summed E-state index contributed by atoms with van der Waals surface area (Å²) in [6.45, 7) is -1.29. The van der Waals surface area contributed by atoms with E-state index in [4.69, 9.17) is 5.11 Å². The first kappa shape index (κ1) is 14.7. The third-order valence-electron chi connectivity index (χ3n) is 2.26.